The van der Waals surface area contributed by atoms with Crippen LogP contribution >= 0.6 is 0 Å². The SMILES string of the molecule is Cc1cc(C(=O)Nc2ccc(F)c(F)c2F)nc(Nc2ccccc2C)n1. The molecule has 1 heterocycles. The van der Waals surface area contributed by atoms with E-state index < -0.39 is 29.0 Å². The molecule has 27 heavy (non-hydrogen) atoms. The maximum absolute atomic E-state index is 13.8. The summed E-state index contributed by atoms with van der Waals surface area (Å²) >= 11 is 0. The molecule has 5 nitrogen and oxygen atoms in total. The Kier molecular flexibility index (Phi) is 5.07. The first-order chi connectivity index (χ1) is 12.8. The fourth-order valence-corrected chi connectivity index (χ4v) is 2.38. The van der Waals surface area contributed by atoms with Crippen LogP contribution in [0.15, 0.2) is 42.5 Å². The predicted octanol–water partition coefficient (Wildman–Crippen LogP) is 4.51. The van der Waals surface area contributed by atoms with Crippen molar-refractivity contribution in [2.75, 3.05) is 10.6 Å². The van der Waals surface area contributed by atoms with Crippen LogP contribution in [0, 0.1) is 31.3 Å². The average Bonchev–Trinajstić information content (AvgIpc) is 2.63. The smallest absolute Gasteiger partial charge is 0.274 e. The summed E-state index contributed by atoms with van der Waals surface area (Å²) < 4.78 is 40.1. The number of amides is 1. The van der Waals surface area contributed by atoms with Gasteiger partial charge in [0.2, 0.25) is 5.95 Å². The Morgan fingerprint density at radius 3 is 2.41 bits per heavy atom. The van der Waals surface area contributed by atoms with E-state index in [0.717, 1.165) is 23.4 Å². The zero-order valence-electron chi connectivity index (χ0n) is 14.5. The van der Waals surface area contributed by atoms with Crippen LogP contribution in [0.5, 0.6) is 0 Å². The summed E-state index contributed by atoms with van der Waals surface area (Å²) in [5.74, 6) is -5.08. The molecule has 138 valence electrons. The molecule has 0 saturated carbocycles. The van der Waals surface area contributed by atoms with Crippen LogP contribution < -0.4 is 10.6 Å². The Balaban J connectivity index is 1.86. The number of hydrogen-bond acceptors (Lipinski definition) is 4. The fourth-order valence-electron chi connectivity index (χ4n) is 2.38. The second kappa shape index (κ2) is 7.45. The first kappa shape index (κ1) is 18.4. The number of nitrogens with one attached hydrogen (secondary N) is 2. The summed E-state index contributed by atoms with van der Waals surface area (Å²) in [6, 6.07) is 10.5. The maximum Gasteiger partial charge on any atom is 0.274 e. The number of halogens is 3. The van der Waals surface area contributed by atoms with Crippen LogP contribution in [0.25, 0.3) is 0 Å². The molecular weight excluding hydrogens is 357 g/mol. The minimum Gasteiger partial charge on any atom is -0.324 e. The van der Waals surface area contributed by atoms with E-state index in [0.29, 0.717) is 5.69 Å². The standard InChI is InChI=1S/C19H15F3N4O/c1-10-5-3-4-6-13(10)25-19-23-11(2)9-15(26-19)18(27)24-14-8-7-12(20)16(21)17(14)22/h3-9H,1-2H3,(H,24,27)(H,23,25,26). The topological polar surface area (TPSA) is 66.9 Å². The second-order valence-corrected chi connectivity index (χ2v) is 5.84. The number of hydrogen-bond donors (Lipinski definition) is 2. The summed E-state index contributed by atoms with van der Waals surface area (Å²) in [5, 5.41) is 5.20. The number of aromatic nitrogens is 2. The molecule has 0 spiro atoms. The number of para-hydroxylation sites is 1. The minimum atomic E-state index is -1.66. The molecule has 2 N–H and O–H groups in total. The molecule has 0 radical (unpaired) electrons. The Hall–Kier alpha value is -3.42. The summed E-state index contributed by atoms with van der Waals surface area (Å²) in [6.07, 6.45) is 0. The molecule has 0 saturated heterocycles. The van der Waals surface area contributed by atoms with Gasteiger partial charge in [-0.15, -0.1) is 0 Å². The van der Waals surface area contributed by atoms with Crippen LogP contribution in [0.1, 0.15) is 21.7 Å². The van der Waals surface area contributed by atoms with Crippen molar-refractivity contribution < 1.29 is 18.0 Å². The number of benzene rings is 2. The van der Waals surface area contributed by atoms with Crippen LogP contribution in [0.4, 0.5) is 30.5 Å². The molecule has 1 aromatic heterocycles. The summed E-state index contributed by atoms with van der Waals surface area (Å²) in [5.41, 5.74) is 1.68. The third-order valence-corrected chi connectivity index (χ3v) is 3.76. The molecule has 0 aliphatic carbocycles. The van der Waals surface area contributed by atoms with Crippen LogP contribution in [0.3, 0.4) is 0 Å². The van der Waals surface area contributed by atoms with Gasteiger partial charge in [-0.05, 0) is 43.7 Å². The lowest BCUT2D eigenvalue weighted by Gasteiger charge is -2.11. The van der Waals surface area contributed by atoms with Gasteiger partial charge in [-0.2, -0.15) is 0 Å². The number of carbonyl (C=O) groups is 1. The molecule has 3 rings (SSSR count). The Morgan fingerprint density at radius 2 is 1.67 bits per heavy atom. The highest BCUT2D eigenvalue weighted by Crippen LogP contribution is 2.21. The van der Waals surface area contributed by atoms with Gasteiger partial charge in [0.25, 0.3) is 5.91 Å². The highest BCUT2D eigenvalue weighted by atomic mass is 19.2. The first-order valence-electron chi connectivity index (χ1n) is 7.98. The van der Waals surface area contributed by atoms with E-state index >= 15 is 0 Å². The first-order valence-corrected chi connectivity index (χ1v) is 7.98. The molecule has 0 aliphatic heterocycles. The quantitative estimate of drug-likeness (QED) is 0.662. The van der Waals surface area contributed by atoms with E-state index in [9.17, 15) is 18.0 Å². The monoisotopic (exact) mass is 372 g/mol. The van der Waals surface area contributed by atoms with Crippen molar-refractivity contribution in [1.29, 1.82) is 0 Å². The predicted molar refractivity (Wildman–Crippen MR) is 95.5 cm³/mol. The average molecular weight is 372 g/mol. The van der Waals surface area contributed by atoms with Crippen molar-refractivity contribution >= 4 is 23.2 Å². The molecule has 0 fully saturated rings. The molecule has 0 unspecified atom stereocenters. The summed E-state index contributed by atoms with van der Waals surface area (Å²) in [4.78, 5) is 20.7. The van der Waals surface area contributed by atoms with Crippen LogP contribution in [0.2, 0.25) is 0 Å². The Morgan fingerprint density at radius 1 is 0.926 bits per heavy atom. The lowest BCUT2D eigenvalue weighted by molar-refractivity contribution is 0.102. The van der Waals surface area contributed by atoms with Gasteiger partial charge in [-0.25, -0.2) is 23.1 Å². The Labute approximate surface area is 153 Å². The van der Waals surface area contributed by atoms with E-state index in [-0.39, 0.29) is 11.6 Å². The third-order valence-electron chi connectivity index (χ3n) is 3.76. The molecule has 8 heteroatoms. The van der Waals surface area contributed by atoms with Gasteiger partial charge in [0.1, 0.15) is 5.69 Å². The van der Waals surface area contributed by atoms with Crippen LogP contribution in [-0.4, -0.2) is 15.9 Å². The molecule has 0 aliphatic rings. The second-order valence-electron chi connectivity index (χ2n) is 5.84. The molecule has 3 aromatic rings. The highest BCUT2D eigenvalue weighted by Gasteiger charge is 2.17. The van der Waals surface area contributed by atoms with Crippen molar-refractivity contribution in [2.24, 2.45) is 0 Å². The number of nitrogens with zero attached hydrogens (tertiary/aromatic N) is 2. The van der Waals surface area contributed by atoms with Crippen molar-refractivity contribution in [1.82, 2.24) is 9.97 Å². The molecule has 1 amide bonds. The molecular formula is C19H15F3N4O. The van der Waals surface area contributed by atoms with E-state index in [4.69, 9.17) is 0 Å². The van der Waals surface area contributed by atoms with Gasteiger partial charge in [0.05, 0.1) is 5.69 Å². The lowest BCUT2D eigenvalue weighted by atomic mass is 10.2. The number of anilines is 3. The van der Waals surface area contributed by atoms with Gasteiger partial charge < -0.3 is 10.6 Å². The van der Waals surface area contributed by atoms with Crippen molar-refractivity contribution in [3.05, 3.63) is 76.9 Å². The van der Waals surface area contributed by atoms with Crippen molar-refractivity contribution in [3.63, 3.8) is 0 Å². The van der Waals surface area contributed by atoms with E-state index in [1.54, 1.807) is 6.92 Å². The lowest BCUT2D eigenvalue weighted by Crippen LogP contribution is -2.17. The fraction of sp³-hybridized carbons (Fsp3) is 0.105. The van der Waals surface area contributed by atoms with Gasteiger partial charge in [0, 0.05) is 11.4 Å². The number of aryl methyl sites for hydroxylation is 2. The number of rotatable bonds is 4. The molecule has 0 atom stereocenters. The zero-order chi connectivity index (χ0) is 19.6. The largest absolute Gasteiger partial charge is 0.324 e. The van der Waals surface area contributed by atoms with Crippen LogP contribution in [-0.2, 0) is 0 Å². The van der Waals surface area contributed by atoms with E-state index in [1.165, 1.54) is 6.07 Å². The normalized spacial score (nSPS) is 10.6. The van der Waals surface area contributed by atoms with E-state index in [2.05, 4.69) is 20.6 Å². The molecule has 0 bridgehead atoms. The zero-order valence-corrected chi connectivity index (χ0v) is 14.5. The molecule has 2 aromatic carbocycles. The van der Waals surface area contributed by atoms with Crippen molar-refractivity contribution in [2.45, 2.75) is 13.8 Å². The maximum atomic E-state index is 13.8. The highest BCUT2D eigenvalue weighted by molar-refractivity contribution is 6.03. The summed E-state index contributed by atoms with van der Waals surface area (Å²) in [7, 11) is 0. The van der Waals surface area contributed by atoms with E-state index in [1.807, 2.05) is 31.2 Å². The van der Waals surface area contributed by atoms with Gasteiger partial charge in [0.15, 0.2) is 17.5 Å². The summed E-state index contributed by atoms with van der Waals surface area (Å²) in [6.45, 7) is 3.57. The third kappa shape index (κ3) is 4.05. The minimum absolute atomic E-state index is 0.0530. The van der Waals surface area contributed by atoms with Gasteiger partial charge in [-0.3, -0.25) is 4.79 Å². The Bertz CT molecular complexity index is 1020. The number of carbonyl (C=O) groups excluding carboxylic acids is 1. The van der Waals surface area contributed by atoms with Gasteiger partial charge >= 0.3 is 0 Å². The van der Waals surface area contributed by atoms with Crippen molar-refractivity contribution in [3.8, 4) is 0 Å². The van der Waals surface area contributed by atoms with Gasteiger partial charge in [-0.1, -0.05) is 18.2 Å².